The lowest BCUT2D eigenvalue weighted by Gasteiger charge is -2.16. The summed E-state index contributed by atoms with van der Waals surface area (Å²) in [7, 11) is 1.82. The number of hydrogen-bond donors (Lipinski definition) is 0. The highest BCUT2D eigenvalue weighted by molar-refractivity contribution is 7.12. The second-order valence-electron chi connectivity index (χ2n) is 4.22. The van der Waals surface area contributed by atoms with Gasteiger partial charge in [0.1, 0.15) is 5.75 Å². The highest BCUT2D eigenvalue weighted by Gasteiger charge is 2.12. The van der Waals surface area contributed by atoms with Crippen LogP contribution in [0.3, 0.4) is 0 Å². The minimum atomic E-state index is 0.0592. The standard InChI is InChI=1S/C15H17NO2S/c1-3-18-13-8-6-12(7-9-13)11-16(2)15(17)14-5-4-10-19-14/h4-10H,3,11H2,1-2H3. The minimum Gasteiger partial charge on any atom is -0.494 e. The zero-order chi connectivity index (χ0) is 13.7. The van der Waals surface area contributed by atoms with Gasteiger partial charge in [-0.3, -0.25) is 4.79 Å². The number of carbonyl (C=O) groups is 1. The van der Waals surface area contributed by atoms with Crippen LogP contribution in [0.1, 0.15) is 22.2 Å². The second-order valence-corrected chi connectivity index (χ2v) is 5.16. The summed E-state index contributed by atoms with van der Waals surface area (Å²) in [5.74, 6) is 0.919. The van der Waals surface area contributed by atoms with Crippen LogP contribution in [0.15, 0.2) is 41.8 Å². The molecular weight excluding hydrogens is 258 g/mol. The third kappa shape index (κ3) is 3.58. The zero-order valence-electron chi connectivity index (χ0n) is 11.1. The molecule has 0 aliphatic carbocycles. The van der Waals surface area contributed by atoms with Gasteiger partial charge in [-0.2, -0.15) is 0 Å². The average molecular weight is 275 g/mol. The van der Waals surface area contributed by atoms with Gasteiger partial charge < -0.3 is 9.64 Å². The van der Waals surface area contributed by atoms with Gasteiger partial charge in [0.2, 0.25) is 0 Å². The van der Waals surface area contributed by atoms with Gasteiger partial charge in [-0.25, -0.2) is 0 Å². The molecule has 0 fully saturated rings. The molecule has 2 aromatic rings. The van der Waals surface area contributed by atoms with Gasteiger partial charge in [-0.05, 0) is 36.1 Å². The highest BCUT2D eigenvalue weighted by Crippen LogP contribution is 2.16. The molecule has 0 N–H and O–H groups in total. The van der Waals surface area contributed by atoms with Gasteiger partial charge in [0.15, 0.2) is 0 Å². The SMILES string of the molecule is CCOc1ccc(CN(C)C(=O)c2cccs2)cc1. The van der Waals surface area contributed by atoms with Crippen LogP contribution in [0, 0.1) is 0 Å². The summed E-state index contributed by atoms with van der Waals surface area (Å²) in [5.41, 5.74) is 1.09. The number of rotatable bonds is 5. The van der Waals surface area contributed by atoms with E-state index in [0.717, 1.165) is 16.2 Å². The first kappa shape index (κ1) is 13.6. The Morgan fingerprint density at radius 3 is 2.58 bits per heavy atom. The molecule has 0 bridgehead atoms. The van der Waals surface area contributed by atoms with Crippen LogP contribution >= 0.6 is 11.3 Å². The van der Waals surface area contributed by atoms with E-state index in [4.69, 9.17) is 4.74 Å². The van der Waals surface area contributed by atoms with Crippen molar-refractivity contribution in [2.75, 3.05) is 13.7 Å². The third-order valence-electron chi connectivity index (χ3n) is 2.73. The summed E-state index contributed by atoms with van der Waals surface area (Å²) in [4.78, 5) is 14.6. The van der Waals surface area contributed by atoms with Crippen molar-refractivity contribution in [3.8, 4) is 5.75 Å². The van der Waals surface area contributed by atoms with Crippen molar-refractivity contribution in [2.24, 2.45) is 0 Å². The number of amides is 1. The van der Waals surface area contributed by atoms with Crippen LogP contribution in [0.25, 0.3) is 0 Å². The Bertz CT molecular complexity index is 520. The lowest BCUT2D eigenvalue weighted by atomic mass is 10.2. The van der Waals surface area contributed by atoms with E-state index in [-0.39, 0.29) is 5.91 Å². The van der Waals surface area contributed by atoms with E-state index in [9.17, 15) is 4.79 Å². The molecule has 100 valence electrons. The van der Waals surface area contributed by atoms with Crippen LogP contribution in [0.2, 0.25) is 0 Å². The first-order valence-electron chi connectivity index (χ1n) is 6.21. The second kappa shape index (κ2) is 6.38. The summed E-state index contributed by atoms with van der Waals surface area (Å²) in [6.07, 6.45) is 0. The van der Waals surface area contributed by atoms with E-state index in [1.807, 2.05) is 55.7 Å². The molecule has 0 saturated heterocycles. The molecule has 0 saturated carbocycles. The van der Waals surface area contributed by atoms with Crippen molar-refractivity contribution in [3.63, 3.8) is 0 Å². The minimum absolute atomic E-state index is 0.0592. The predicted molar refractivity (Wildman–Crippen MR) is 77.7 cm³/mol. The van der Waals surface area contributed by atoms with E-state index in [2.05, 4.69) is 0 Å². The van der Waals surface area contributed by atoms with Gasteiger partial charge in [0, 0.05) is 13.6 Å². The molecule has 4 heteroatoms. The van der Waals surface area contributed by atoms with Crippen molar-refractivity contribution < 1.29 is 9.53 Å². The molecule has 1 heterocycles. The molecule has 1 aromatic heterocycles. The van der Waals surface area contributed by atoms with Crippen molar-refractivity contribution in [1.82, 2.24) is 4.90 Å². The summed E-state index contributed by atoms with van der Waals surface area (Å²) < 4.78 is 5.39. The Balaban J connectivity index is 1.98. The summed E-state index contributed by atoms with van der Waals surface area (Å²) in [6, 6.07) is 11.6. The molecule has 0 aliphatic heterocycles. The number of benzene rings is 1. The molecule has 1 amide bonds. The number of carbonyl (C=O) groups excluding carboxylic acids is 1. The lowest BCUT2D eigenvalue weighted by Crippen LogP contribution is -2.25. The van der Waals surface area contributed by atoms with Crippen molar-refractivity contribution in [1.29, 1.82) is 0 Å². The molecule has 1 aromatic carbocycles. The molecule has 0 radical (unpaired) electrons. The number of ether oxygens (including phenoxy) is 1. The molecule has 3 nitrogen and oxygen atoms in total. The first-order valence-corrected chi connectivity index (χ1v) is 7.09. The fourth-order valence-electron chi connectivity index (χ4n) is 1.79. The quantitative estimate of drug-likeness (QED) is 0.836. The van der Waals surface area contributed by atoms with E-state index in [1.165, 1.54) is 11.3 Å². The summed E-state index contributed by atoms with van der Waals surface area (Å²) in [5, 5.41) is 1.91. The Kier molecular flexibility index (Phi) is 4.58. The Hall–Kier alpha value is -1.81. The topological polar surface area (TPSA) is 29.5 Å². The number of nitrogens with zero attached hydrogens (tertiary/aromatic N) is 1. The summed E-state index contributed by atoms with van der Waals surface area (Å²) in [6.45, 7) is 3.22. The highest BCUT2D eigenvalue weighted by atomic mass is 32.1. The fourth-order valence-corrected chi connectivity index (χ4v) is 2.51. The van der Waals surface area contributed by atoms with Gasteiger partial charge in [0.25, 0.3) is 5.91 Å². The third-order valence-corrected chi connectivity index (χ3v) is 3.59. The van der Waals surface area contributed by atoms with Gasteiger partial charge in [0.05, 0.1) is 11.5 Å². The fraction of sp³-hybridized carbons (Fsp3) is 0.267. The average Bonchev–Trinajstić information content (AvgIpc) is 2.94. The van der Waals surface area contributed by atoms with E-state index < -0.39 is 0 Å². The van der Waals surface area contributed by atoms with Crippen LogP contribution in [-0.2, 0) is 6.54 Å². The largest absolute Gasteiger partial charge is 0.494 e. The van der Waals surface area contributed by atoms with Crippen LogP contribution < -0.4 is 4.74 Å². The van der Waals surface area contributed by atoms with Gasteiger partial charge in [-0.15, -0.1) is 11.3 Å². The first-order chi connectivity index (χ1) is 9.20. The number of hydrogen-bond acceptors (Lipinski definition) is 3. The van der Waals surface area contributed by atoms with Crippen LogP contribution in [0.4, 0.5) is 0 Å². The molecule has 0 aliphatic rings. The van der Waals surface area contributed by atoms with Crippen LogP contribution in [0.5, 0.6) is 5.75 Å². The van der Waals surface area contributed by atoms with Gasteiger partial charge in [-0.1, -0.05) is 18.2 Å². The van der Waals surface area contributed by atoms with Gasteiger partial charge >= 0.3 is 0 Å². The zero-order valence-corrected chi connectivity index (χ0v) is 11.9. The molecule has 0 atom stereocenters. The molecule has 0 spiro atoms. The molecule has 0 unspecified atom stereocenters. The maximum Gasteiger partial charge on any atom is 0.263 e. The summed E-state index contributed by atoms with van der Waals surface area (Å²) >= 11 is 1.47. The predicted octanol–water partition coefficient (Wildman–Crippen LogP) is 3.42. The van der Waals surface area contributed by atoms with Crippen molar-refractivity contribution in [2.45, 2.75) is 13.5 Å². The smallest absolute Gasteiger partial charge is 0.263 e. The molecular formula is C15H17NO2S. The van der Waals surface area contributed by atoms with Crippen molar-refractivity contribution in [3.05, 3.63) is 52.2 Å². The Morgan fingerprint density at radius 1 is 1.26 bits per heavy atom. The van der Waals surface area contributed by atoms with E-state index in [0.29, 0.717) is 13.2 Å². The lowest BCUT2D eigenvalue weighted by molar-refractivity contribution is 0.0790. The van der Waals surface area contributed by atoms with E-state index in [1.54, 1.807) is 4.90 Å². The Morgan fingerprint density at radius 2 is 2.00 bits per heavy atom. The monoisotopic (exact) mass is 275 g/mol. The normalized spacial score (nSPS) is 10.2. The van der Waals surface area contributed by atoms with Crippen LogP contribution in [-0.4, -0.2) is 24.5 Å². The maximum absolute atomic E-state index is 12.1. The number of thiophene rings is 1. The van der Waals surface area contributed by atoms with Crippen molar-refractivity contribution >= 4 is 17.2 Å². The Labute approximate surface area is 117 Å². The molecule has 2 rings (SSSR count). The molecule has 19 heavy (non-hydrogen) atoms. The maximum atomic E-state index is 12.1. The van der Waals surface area contributed by atoms with E-state index >= 15 is 0 Å².